The van der Waals surface area contributed by atoms with Crippen molar-refractivity contribution < 1.29 is 24.2 Å². The number of benzene rings is 2. The summed E-state index contributed by atoms with van der Waals surface area (Å²) >= 11 is 0. The van der Waals surface area contributed by atoms with Crippen LogP contribution in [0.4, 0.5) is 11.5 Å². The van der Waals surface area contributed by atoms with Gasteiger partial charge in [-0.15, -0.1) is 0 Å². The number of anilines is 2. The number of piperidine rings is 1. The van der Waals surface area contributed by atoms with Crippen molar-refractivity contribution in [3.05, 3.63) is 82.1 Å². The minimum Gasteiger partial charge on any atom is -0.497 e. The van der Waals surface area contributed by atoms with Crippen LogP contribution in [0.5, 0.6) is 11.5 Å². The fraction of sp³-hybridized carbons (Fsp3) is 0.472. The Bertz CT molecular complexity index is 1520. The summed E-state index contributed by atoms with van der Waals surface area (Å²) in [6.45, 7) is 6.78. The number of carboxylic acid groups (broad SMARTS) is 1. The van der Waals surface area contributed by atoms with Crippen molar-refractivity contribution in [1.82, 2.24) is 4.98 Å². The highest BCUT2D eigenvalue weighted by Crippen LogP contribution is 2.45. The van der Waals surface area contributed by atoms with Crippen LogP contribution in [-0.2, 0) is 4.79 Å². The van der Waals surface area contributed by atoms with Crippen LogP contribution < -0.4 is 24.8 Å². The Balaban J connectivity index is 1.27. The molecule has 240 valence electrons. The number of amides is 1. The van der Waals surface area contributed by atoms with Crippen molar-refractivity contribution in [2.75, 3.05) is 43.2 Å². The molecule has 5 rings (SSSR count). The van der Waals surface area contributed by atoms with Crippen molar-refractivity contribution in [2.45, 2.75) is 58.3 Å². The maximum atomic E-state index is 14.2. The van der Waals surface area contributed by atoms with E-state index >= 15 is 0 Å². The molecule has 3 aromatic rings. The van der Waals surface area contributed by atoms with Crippen LogP contribution in [0, 0.1) is 17.8 Å². The van der Waals surface area contributed by atoms with E-state index in [2.05, 4.69) is 23.7 Å². The monoisotopic (exact) mass is 615 g/mol. The van der Waals surface area contributed by atoms with Crippen LogP contribution >= 0.6 is 0 Å². The summed E-state index contributed by atoms with van der Waals surface area (Å²) in [5, 5.41) is 9.40. The molecule has 1 saturated carbocycles. The summed E-state index contributed by atoms with van der Waals surface area (Å²) in [7, 11) is 1.62. The molecule has 1 amide bonds. The number of pyridine rings is 1. The van der Waals surface area contributed by atoms with Crippen molar-refractivity contribution in [1.29, 1.82) is 0 Å². The first-order valence-electron chi connectivity index (χ1n) is 16.1. The molecule has 2 fully saturated rings. The van der Waals surface area contributed by atoms with Crippen LogP contribution in [0.2, 0.25) is 0 Å². The molecule has 2 heterocycles. The van der Waals surface area contributed by atoms with E-state index in [9.17, 15) is 19.5 Å². The predicted molar refractivity (Wildman–Crippen MR) is 176 cm³/mol. The van der Waals surface area contributed by atoms with Crippen molar-refractivity contribution in [2.24, 2.45) is 17.8 Å². The quantitative estimate of drug-likeness (QED) is 0.218. The number of aliphatic carboxylic acids is 1. The molecule has 1 saturated heterocycles. The first-order valence-corrected chi connectivity index (χ1v) is 16.1. The summed E-state index contributed by atoms with van der Waals surface area (Å²) in [4.78, 5) is 44.5. The predicted octanol–water partition coefficient (Wildman–Crippen LogP) is 6.34. The van der Waals surface area contributed by atoms with Gasteiger partial charge in [-0.2, -0.15) is 0 Å². The number of aromatic nitrogens is 1. The summed E-state index contributed by atoms with van der Waals surface area (Å²) < 4.78 is 11.8. The van der Waals surface area contributed by atoms with E-state index in [1.54, 1.807) is 24.1 Å². The number of hydrogen-bond acceptors (Lipinski definition) is 6. The topological polar surface area (TPSA) is 112 Å². The maximum Gasteiger partial charge on any atom is 0.303 e. The molecule has 2 N–H and O–H groups in total. The second-order valence-electron chi connectivity index (χ2n) is 12.6. The molecule has 2 aromatic carbocycles. The summed E-state index contributed by atoms with van der Waals surface area (Å²) in [5.41, 5.74) is 2.19. The molecule has 45 heavy (non-hydrogen) atoms. The molecule has 1 aromatic heterocycles. The van der Waals surface area contributed by atoms with Gasteiger partial charge in [0.1, 0.15) is 17.3 Å². The first-order chi connectivity index (χ1) is 21.7. The van der Waals surface area contributed by atoms with E-state index in [1.165, 1.54) is 6.07 Å². The fourth-order valence-electron chi connectivity index (χ4n) is 6.18. The number of methoxy groups -OCH3 is 1. The molecule has 0 radical (unpaired) electrons. The van der Waals surface area contributed by atoms with E-state index in [1.807, 2.05) is 42.5 Å². The Morgan fingerprint density at radius 1 is 1.02 bits per heavy atom. The zero-order chi connectivity index (χ0) is 31.9. The van der Waals surface area contributed by atoms with Crippen LogP contribution in [0.3, 0.4) is 0 Å². The zero-order valence-electron chi connectivity index (χ0n) is 26.5. The summed E-state index contributed by atoms with van der Waals surface area (Å²) in [6.07, 6.45) is 5.03. The lowest BCUT2D eigenvalue weighted by Gasteiger charge is -2.35. The number of carbonyl (C=O) groups is 2. The molecule has 2 atom stereocenters. The van der Waals surface area contributed by atoms with Gasteiger partial charge in [-0.25, -0.2) is 0 Å². The molecular formula is C36H45N3O6. The second kappa shape index (κ2) is 14.7. The van der Waals surface area contributed by atoms with Gasteiger partial charge in [0, 0.05) is 31.8 Å². The van der Waals surface area contributed by atoms with Crippen LogP contribution in [0.1, 0.15) is 74.2 Å². The van der Waals surface area contributed by atoms with Gasteiger partial charge in [-0.1, -0.05) is 38.5 Å². The standard InChI is InChI=1S/C36H45N3O6/c1-4-24(2)22-39(33-9-6-10-34(40)37-33)36(43)30-14-13-28(44-3)20-32(30)38-17-15-25(16-18-38)23-45-29-8-5-7-27(19-29)31(21-35(41)42)26-11-12-26/h5-10,13-14,19-20,24-26,31H,4,11-12,15-18,21-23H2,1-3H3,(H,37,40)(H,41,42). The Morgan fingerprint density at radius 3 is 2.44 bits per heavy atom. The SMILES string of the molecule is CCC(C)CN(C(=O)c1ccc(OC)cc1N1CCC(COc2cccc(C(CC(=O)O)C3CC3)c2)CC1)c1cccc(=O)[nH]1. The number of carboxylic acids is 1. The van der Waals surface area contributed by atoms with E-state index in [0.717, 1.165) is 62.2 Å². The molecular weight excluding hydrogens is 570 g/mol. The number of rotatable bonds is 14. The highest BCUT2D eigenvalue weighted by atomic mass is 16.5. The third kappa shape index (κ3) is 8.26. The van der Waals surface area contributed by atoms with Gasteiger partial charge in [0.2, 0.25) is 5.56 Å². The average Bonchev–Trinajstić information content (AvgIpc) is 3.90. The van der Waals surface area contributed by atoms with Crippen molar-refractivity contribution >= 4 is 23.4 Å². The van der Waals surface area contributed by atoms with Gasteiger partial charge in [0.25, 0.3) is 5.91 Å². The minimum atomic E-state index is -0.760. The largest absolute Gasteiger partial charge is 0.497 e. The Hall–Kier alpha value is -4.27. The number of H-pyrrole nitrogens is 1. The number of ether oxygens (including phenoxy) is 2. The Morgan fingerprint density at radius 2 is 1.78 bits per heavy atom. The van der Waals surface area contributed by atoms with E-state index in [4.69, 9.17) is 9.47 Å². The first kappa shape index (κ1) is 32.1. The normalized spacial score (nSPS) is 16.6. The van der Waals surface area contributed by atoms with Crippen LogP contribution in [0.25, 0.3) is 0 Å². The molecule has 0 bridgehead atoms. The molecule has 9 nitrogen and oxygen atoms in total. The Kier molecular flexibility index (Phi) is 10.5. The van der Waals surface area contributed by atoms with Crippen molar-refractivity contribution in [3.63, 3.8) is 0 Å². The summed E-state index contributed by atoms with van der Waals surface area (Å²) in [5.74, 6) is 2.12. The molecule has 2 unspecified atom stereocenters. The second-order valence-corrected chi connectivity index (χ2v) is 12.6. The molecule has 2 aliphatic rings. The number of hydrogen-bond donors (Lipinski definition) is 2. The molecule has 9 heteroatoms. The molecule has 1 aliphatic carbocycles. The molecule has 0 spiro atoms. The fourth-order valence-corrected chi connectivity index (χ4v) is 6.18. The number of aromatic amines is 1. The van der Waals surface area contributed by atoms with E-state index in [-0.39, 0.29) is 29.7 Å². The Labute approximate surface area is 265 Å². The summed E-state index contributed by atoms with van der Waals surface area (Å²) in [6, 6.07) is 18.4. The van der Waals surface area contributed by atoms with Gasteiger partial charge in [-0.05, 0) is 85.3 Å². The van der Waals surface area contributed by atoms with Gasteiger partial charge in [0.05, 0.1) is 31.4 Å². The van der Waals surface area contributed by atoms with Gasteiger partial charge >= 0.3 is 5.97 Å². The lowest BCUT2D eigenvalue weighted by atomic mass is 9.91. The number of carbonyl (C=O) groups excluding carboxylic acids is 1. The zero-order valence-corrected chi connectivity index (χ0v) is 26.5. The highest BCUT2D eigenvalue weighted by molar-refractivity contribution is 6.09. The van der Waals surface area contributed by atoms with Crippen LogP contribution in [-0.4, -0.2) is 55.3 Å². The highest BCUT2D eigenvalue weighted by Gasteiger charge is 2.34. The molecule has 1 aliphatic heterocycles. The maximum absolute atomic E-state index is 14.2. The lowest BCUT2D eigenvalue weighted by Crippen LogP contribution is -2.39. The third-order valence-corrected chi connectivity index (χ3v) is 9.23. The minimum absolute atomic E-state index is 0.0392. The average molecular weight is 616 g/mol. The number of nitrogens with zero attached hydrogens (tertiary/aromatic N) is 2. The van der Waals surface area contributed by atoms with E-state index in [0.29, 0.717) is 42.1 Å². The van der Waals surface area contributed by atoms with Crippen LogP contribution in [0.15, 0.2) is 65.5 Å². The van der Waals surface area contributed by atoms with Gasteiger partial charge < -0.3 is 24.5 Å². The smallest absolute Gasteiger partial charge is 0.303 e. The van der Waals surface area contributed by atoms with Gasteiger partial charge in [0.15, 0.2) is 0 Å². The lowest BCUT2D eigenvalue weighted by molar-refractivity contribution is -0.137. The van der Waals surface area contributed by atoms with Crippen molar-refractivity contribution in [3.8, 4) is 11.5 Å². The third-order valence-electron chi connectivity index (χ3n) is 9.23. The van der Waals surface area contributed by atoms with E-state index < -0.39 is 5.97 Å². The van der Waals surface area contributed by atoms with Gasteiger partial charge in [-0.3, -0.25) is 19.3 Å². The number of nitrogens with one attached hydrogen (secondary N) is 1.